The molecule has 342 valence electrons. The van der Waals surface area contributed by atoms with Crippen molar-refractivity contribution in [2.75, 3.05) is 0 Å². The van der Waals surface area contributed by atoms with Crippen molar-refractivity contribution in [2.45, 2.75) is 129 Å². The Labute approximate surface area is 409 Å². The van der Waals surface area contributed by atoms with E-state index < -0.39 is 56.4 Å². The Bertz CT molecular complexity index is 3010. The first kappa shape index (κ1) is 50.8. The summed E-state index contributed by atoms with van der Waals surface area (Å²) in [7, 11) is 0. The summed E-state index contributed by atoms with van der Waals surface area (Å²) in [5, 5.41) is 79.1. The number of nitriles is 8. The lowest BCUT2D eigenvalue weighted by Crippen LogP contribution is -2.17. The second-order valence-corrected chi connectivity index (χ2v) is 20.5. The number of halogens is 4. The molecule has 4 aromatic heterocycles. The summed E-state index contributed by atoms with van der Waals surface area (Å²) < 4.78 is 65.6. The fraction of sp³-hybridized carbons (Fsp3) is 0.385. The minimum atomic E-state index is -3.95. The monoisotopic (exact) mass is 982 g/mol. The molecule has 6 rings (SSSR count). The Morgan fingerprint density at radius 3 is 1.29 bits per heavy atom. The summed E-state index contributed by atoms with van der Waals surface area (Å²) in [5.74, 6) is -7.90. The number of alkyl halides is 4. The predicted molar refractivity (Wildman–Crippen MR) is 260 cm³/mol. The van der Waals surface area contributed by atoms with Gasteiger partial charge >= 0.3 is 11.8 Å². The highest BCUT2D eigenvalue weighted by Crippen LogP contribution is 2.62. The Kier molecular flexibility index (Phi) is 16.4. The molecule has 0 saturated heterocycles. The molecule has 0 radical (unpaired) electrons. The Morgan fingerprint density at radius 2 is 0.809 bits per heavy atom. The third kappa shape index (κ3) is 9.32. The van der Waals surface area contributed by atoms with Crippen molar-refractivity contribution in [3.8, 4) is 77.8 Å². The fourth-order valence-corrected chi connectivity index (χ4v) is 14.3. The van der Waals surface area contributed by atoms with Gasteiger partial charge in [0.1, 0.15) is 70.8 Å². The molecule has 16 heteroatoms. The van der Waals surface area contributed by atoms with Gasteiger partial charge in [-0.15, -0.1) is 45.3 Å². The van der Waals surface area contributed by atoms with Gasteiger partial charge in [-0.2, -0.15) is 59.7 Å². The van der Waals surface area contributed by atoms with Gasteiger partial charge in [0.2, 0.25) is 0 Å². The average Bonchev–Trinajstić information content (AvgIpc) is 4.18. The van der Waals surface area contributed by atoms with Crippen LogP contribution in [0.1, 0.15) is 135 Å². The average molecular weight is 983 g/mol. The van der Waals surface area contributed by atoms with Crippen LogP contribution in [-0.2, 0) is 19.3 Å². The van der Waals surface area contributed by atoms with Crippen LogP contribution in [0.4, 0.5) is 17.6 Å². The second-order valence-electron chi connectivity index (χ2n) is 16.4. The molecular formula is C52H42F4N8S4. The van der Waals surface area contributed by atoms with Crippen LogP contribution in [0.3, 0.4) is 0 Å². The summed E-state index contributed by atoms with van der Waals surface area (Å²) in [6.07, 6.45) is 12.4. The van der Waals surface area contributed by atoms with Crippen molar-refractivity contribution in [1.29, 1.82) is 42.1 Å². The van der Waals surface area contributed by atoms with E-state index in [1.807, 2.05) is 0 Å². The van der Waals surface area contributed by atoms with Gasteiger partial charge in [-0.25, -0.2) is 0 Å². The van der Waals surface area contributed by atoms with Gasteiger partial charge in [0.25, 0.3) is 0 Å². The van der Waals surface area contributed by atoms with Crippen LogP contribution >= 0.6 is 45.3 Å². The molecule has 0 unspecified atom stereocenters. The molecule has 0 fully saturated rings. The number of allylic oxidation sites excluding steroid dienone is 8. The van der Waals surface area contributed by atoms with Crippen LogP contribution in [0, 0.1) is 90.6 Å². The van der Waals surface area contributed by atoms with Crippen molar-refractivity contribution in [3.63, 3.8) is 0 Å². The molecular weight excluding hydrogens is 941 g/mol. The van der Waals surface area contributed by atoms with Gasteiger partial charge in [0, 0.05) is 50.1 Å². The van der Waals surface area contributed by atoms with E-state index in [1.54, 1.807) is 48.6 Å². The van der Waals surface area contributed by atoms with E-state index >= 15 is 17.6 Å². The molecule has 4 aromatic rings. The van der Waals surface area contributed by atoms with Crippen LogP contribution in [0.2, 0.25) is 0 Å². The Hall–Kier alpha value is -6.60. The molecule has 0 N–H and O–H groups in total. The molecule has 8 nitrogen and oxygen atoms in total. The van der Waals surface area contributed by atoms with Gasteiger partial charge < -0.3 is 0 Å². The van der Waals surface area contributed by atoms with E-state index in [9.17, 15) is 42.1 Å². The van der Waals surface area contributed by atoms with Crippen molar-refractivity contribution < 1.29 is 17.6 Å². The lowest BCUT2D eigenvalue weighted by atomic mass is 9.93. The van der Waals surface area contributed by atoms with E-state index in [-0.39, 0.29) is 20.9 Å². The molecule has 0 amide bonds. The third-order valence-electron chi connectivity index (χ3n) is 12.0. The highest BCUT2D eigenvalue weighted by atomic mass is 32.1. The summed E-state index contributed by atoms with van der Waals surface area (Å²) in [6.45, 7) is 6.27. The summed E-state index contributed by atoms with van der Waals surface area (Å²) in [4.78, 5) is 4.46. The lowest BCUT2D eigenvalue weighted by molar-refractivity contribution is 0.138. The Balaban J connectivity index is 1.63. The molecule has 0 spiro atoms. The largest absolute Gasteiger partial charge is 0.304 e. The molecule has 0 bridgehead atoms. The highest BCUT2D eigenvalue weighted by Gasteiger charge is 2.55. The number of rotatable bonds is 18. The first-order chi connectivity index (χ1) is 32.8. The number of fused-ring (bicyclic) bond motifs is 2. The minimum Gasteiger partial charge on any atom is -0.196 e. The number of aryl methyl sites for hydroxylation is 2. The molecule has 0 aliphatic heterocycles. The van der Waals surface area contributed by atoms with Crippen molar-refractivity contribution in [3.05, 3.63) is 78.1 Å². The SMILES string of the molecule is CCCCCCc1cc(-c2cc(CCCCCC)c(-c3sc4c(c3CCCCCC)C(=C(C#N)C#N)C(F)(F)C4=C(C#N)C#N)s2)sc1-c1cc2c(s1)C(=C(C#N)C#N)C(F)(F)C2=C(C#N)C#N. The second kappa shape index (κ2) is 22.0. The van der Waals surface area contributed by atoms with Crippen LogP contribution in [0.5, 0.6) is 0 Å². The molecule has 0 saturated carbocycles. The molecule has 4 heterocycles. The van der Waals surface area contributed by atoms with Crippen LogP contribution < -0.4 is 0 Å². The first-order valence-electron chi connectivity index (χ1n) is 22.3. The van der Waals surface area contributed by atoms with Crippen molar-refractivity contribution in [2.24, 2.45) is 0 Å². The maximum Gasteiger partial charge on any atom is 0.304 e. The maximum atomic E-state index is 16.6. The molecule has 2 aliphatic carbocycles. The van der Waals surface area contributed by atoms with Gasteiger partial charge in [0.05, 0.1) is 22.3 Å². The summed E-state index contributed by atoms with van der Waals surface area (Å²) in [5.41, 5.74) is -4.09. The van der Waals surface area contributed by atoms with Crippen molar-refractivity contribution in [1.82, 2.24) is 0 Å². The smallest absolute Gasteiger partial charge is 0.196 e. The standard InChI is InChI=1S/C52H42F4N8S4/c1-4-7-10-13-16-30-19-38(65-46(30)40-21-37-42(32(22-57)23-58)51(53,54)44(48(37)67-40)34(26-61)27-62)39-20-31(17-14-11-8-5-2)47(66-39)49-36(18-15-12-9-6-3)41-43(33(24-59)25-60)52(55,56)45(50(41)68-49)35(28-63)29-64/h19-21H,4-18H2,1-3H3. The quantitative estimate of drug-likeness (QED) is 0.0534. The number of hydrogen-bond acceptors (Lipinski definition) is 12. The van der Waals surface area contributed by atoms with Gasteiger partial charge in [-0.3, -0.25) is 0 Å². The number of nitrogens with zero attached hydrogens (tertiary/aromatic N) is 8. The van der Waals surface area contributed by atoms with Crippen LogP contribution in [0.25, 0.3) is 51.6 Å². The molecule has 0 atom stereocenters. The maximum absolute atomic E-state index is 16.6. The van der Waals surface area contributed by atoms with E-state index in [1.165, 1.54) is 28.7 Å². The van der Waals surface area contributed by atoms with Gasteiger partial charge in [-0.1, -0.05) is 78.6 Å². The molecule has 0 aromatic carbocycles. The third-order valence-corrected chi connectivity index (χ3v) is 17.3. The zero-order chi connectivity index (χ0) is 49.3. The molecule has 2 aliphatic rings. The van der Waals surface area contributed by atoms with Gasteiger partial charge in [-0.05, 0) is 73.4 Å². The van der Waals surface area contributed by atoms with Gasteiger partial charge in [0.15, 0.2) is 0 Å². The summed E-state index contributed by atoms with van der Waals surface area (Å²) in [6, 6.07) is 18.6. The van der Waals surface area contributed by atoms with E-state index in [2.05, 4.69) is 32.9 Å². The topological polar surface area (TPSA) is 190 Å². The highest BCUT2D eigenvalue weighted by molar-refractivity contribution is 7.29. The lowest BCUT2D eigenvalue weighted by Gasteiger charge is -2.16. The fourth-order valence-electron chi connectivity index (χ4n) is 8.81. The first-order valence-corrected chi connectivity index (χ1v) is 25.6. The normalized spacial score (nSPS) is 13.8. The minimum absolute atomic E-state index is 0.00341. The molecule has 68 heavy (non-hydrogen) atoms. The number of hydrogen-bond donors (Lipinski definition) is 0. The number of unbranched alkanes of at least 4 members (excludes halogenated alkanes) is 9. The van der Waals surface area contributed by atoms with Crippen molar-refractivity contribution >= 4 is 67.6 Å². The summed E-state index contributed by atoms with van der Waals surface area (Å²) >= 11 is 4.92. The zero-order valence-electron chi connectivity index (χ0n) is 37.6. The Morgan fingerprint density at radius 1 is 0.412 bits per heavy atom. The van der Waals surface area contributed by atoms with E-state index in [4.69, 9.17) is 0 Å². The van der Waals surface area contributed by atoms with Crippen LogP contribution in [-0.4, -0.2) is 11.8 Å². The predicted octanol–water partition coefficient (Wildman–Crippen LogP) is 15.8. The zero-order valence-corrected chi connectivity index (χ0v) is 40.8. The van der Waals surface area contributed by atoms with E-state index in [0.717, 1.165) is 124 Å². The van der Waals surface area contributed by atoms with Crippen LogP contribution in [0.15, 0.2) is 40.5 Å². The van der Waals surface area contributed by atoms with E-state index in [0.29, 0.717) is 41.0 Å². The number of thiophene rings is 4.